The maximum atomic E-state index is 14.3. The number of amides is 1. The Morgan fingerprint density at radius 2 is 1.78 bits per heavy atom. The molecule has 3 aromatic rings. The zero-order chi connectivity index (χ0) is 36.3. The van der Waals surface area contributed by atoms with Gasteiger partial charge in [-0.1, -0.05) is 40.8 Å². The van der Waals surface area contributed by atoms with E-state index in [1.165, 1.54) is 12.2 Å². The van der Waals surface area contributed by atoms with E-state index in [1.807, 2.05) is 18.2 Å². The molecule has 1 aromatic carbocycles. The SMILES string of the molecule is CC[C@@]1(OC(=O)CN(C)C(=O)OC(C)(C)C)C(=O)OCc2c1cc1n(c2=O)Cc2c-1nc1ccc(OCOC)cc1c2[Si](C)(C)C(C)(C)C. The van der Waals surface area contributed by atoms with E-state index >= 15 is 0 Å². The number of carbonyl (C=O) groups excluding carboxylic acids is 3. The van der Waals surface area contributed by atoms with E-state index in [2.05, 4.69) is 33.9 Å². The first kappa shape index (κ1) is 36.1. The number of carbonyl (C=O) groups is 3. The van der Waals surface area contributed by atoms with Crippen molar-refractivity contribution in [1.82, 2.24) is 14.5 Å². The third-order valence-corrected chi connectivity index (χ3v) is 15.4. The molecule has 4 heterocycles. The van der Waals surface area contributed by atoms with E-state index < -0.39 is 43.9 Å². The second kappa shape index (κ2) is 12.6. The Bertz CT molecular complexity index is 1900. The number of benzene rings is 1. The third-order valence-electron chi connectivity index (χ3n) is 9.83. The number of hydrogen-bond acceptors (Lipinski definition) is 10. The number of fused-ring (bicyclic) bond motifs is 5. The van der Waals surface area contributed by atoms with Crippen LogP contribution in [0.4, 0.5) is 4.79 Å². The molecule has 0 unspecified atom stereocenters. The lowest BCUT2D eigenvalue weighted by Gasteiger charge is -2.39. The van der Waals surface area contributed by atoms with Crippen molar-refractivity contribution in [3.8, 4) is 17.1 Å². The first-order valence-corrected chi connectivity index (χ1v) is 19.4. The van der Waals surface area contributed by atoms with Crippen molar-refractivity contribution in [2.24, 2.45) is 0 Å². The van der Waals surface area contributed by atoms with Crippen molar-refractivity contribution in [1.29, 1.82) is 0 Å². The number of nitrogens with zero attached hydrogens (tertiary/aromatic N) is 3. The monoisotopic (exact) mass is 693 g/mol. The van der Waals surface area contributed by atoms with Gasteiger partial charge in [-0.05, 0) is 67.2 Å². The standard InChI is InChI=1S/C36H47N3O9Si/c1-12-36(47-28(40)18-38(8)33(43)48-34(2,3)4)25-16-27-29-23(17-39(27)31(41)24(25)19-45-32(36)42)30(49(10,11)35(5,6)7)22-15-21(46-20-44-9)13-14-26(22)37-29/h13-16H,12,17-20H2,1-11H3/t36-/m0/s1. The quantitative estimate of drug-likeness (QED) is 0.105. The van der Waals surface area contributed by atoms with Crippen LogP contribution in [0.3, 0.4) is 0 Å². The van der Waals surface area contributed by atoms with Crippen molar-refractivity contribution in [2.45, 2.75) is 97.4 Å². The summed E-state index contributed by atoms with van der Waals surface area (Å²) < 4.78 is 29.4. The second-order valence-corrected chi connectivity index (χ2v) is 20.5. The molecule has 1 amide bonds. The number of rotatable bonds is 8. The fraction of sp³-hybridized carbons (Fsp3) is 0.528. The largest absolute Gasteiger partial charge is 0.468 e. The van der Waals surface area contributed by atoms with Gasteiger partial charge in [0.1, 0.15) is 24.5 Å². The summed E-state index contributed by atoms with van der Waals surface area (Å²) in [5, 5.41) is 2.08. The molecule has 0 spiro atoms. The lowest BCUT2D eigenvalue weighted by molar-refractivity contribution is -0.189. The van der Waals surface area contributed by atoms with Gasteiger partial charge in [0.2, 0.25) is 5.60 Å². The molecule has 0 bridgehead atoms. The highest BCUT2D eigenvalue weighted by Gasteiger charge is 2.51. The van der Waals surface area contributed by atoms with Crippen LogP contribution in [0.15, 0.2) is 29.1 Å². The fourth-order valence-electron chi connectivity index (χ4n) is 6.35. The molecule has 2 aliphatic rings. The summed E-state index contributed by atoms with van der Waals surface area (Å²) in [6.45, 7) is 17.9. The van der Waals surface area contributed by atoms with Gasteiger partial charge in [0.05, 0.1) is 37.1 Å². The minimum absolute atomic E-state index is 0.00109. The van der Waals surface area contributed by atoms with E-state index in [-0.39, 0.29) is 48.1 Å². The van der Waals surface area contributed by atoms with Crippen molar-refractivity contribution in [3.05, 3.63) is 51.3 Å². The lowest BCUT2D eigenvalue weighted by atomic mass is 9.85. The van der Waals surface area contributed by atoms with Crippen LogP contribution in [-0.2, 0) is 47.3 Å². The number of hydrogen-bond donors (Lipinski definition) is 0. The van der Waals surface area contributed by atoms with E-state index in [4.69, 9.17) is 28.7 Å². The van der Waals surface area contributed by atoms with Gasteiger partial charge in [-0.2, -0.15) is 0 Å². The fourth-order valence-corrected chi connectivity index (χ4v) is 8.92. The molecule has 2 aliphatic heterocycles. The number of cyclic esters (lactones) is 1. The molecule has 0 fully saturated rings. The molecule has 2 aromatic heterocycles. The second-order valence-electron chi connectivity index (χ2n) is 15.3. The average Bonchev–Trinajstić information content (AvgIpc) is 3.36. The van der Waals surface area contributed by atoms with Gasteiger partial charge in [-0.3, -0.25) is 9.59 Å². The van der Waals surface area contributed by atoms with E-state index in [1.54, 1.807) is 45.4 Å². The van der Waals surface area contributed by atoms with Gasteiger partial charge in [-0.15, -0.1) is 0 Å². The Labute approximate surface area is 287 Å². The Kier molecular flexibility index (Phi) is 9.26. The molecule has 0 radical (unpaired) electrons. The number of aromatic nitrogens is 2. The van der Waals surface area contributed by atoms with Crippen LogP contribution in [0, 0.1) is 0 Å². The third kappa shape index (κ3) is 6.34. The number of likely N-dealkylation sites (N-methyl/N-ethyl adjacent to an activating group) is 1. The highest BCUT2D eigenvalue weighted by molar-refractivity contribution is 6.94. The molecule has 0 saturated carbocycles. The van der Waals surface area contributed by atoms with Crippen LogP contribution in [0.25, 0.3) is 22.3 Å². The van der Waals surface area contributed by atoms with Crippen molar-refractivity contribution < 1.29 is 38.1 Å². The van der Waals surface area contributed by atoms with Crippen molar-refractivity contribution in [3.63, 3.8) is 0 Å². The normalized spacial score (nSPS) is 17.2. The summed E-state index contributed by atoms with van der Waals surface area (Å²) in [6, 6.07) is 7.50. The molecular weight excluding hydrogens is 646 g/mol. The predicted molar refractivity (Wildman–Crippen MR) is 187 cm³/mol. The van der Waals surface area contributed by atoms with Gasteiger partial charge in [0, 0.05) is 25.1 Å². The Morgan fingerprint density at radius 3 is 2.39 bits per heavy atom. The molecule has 13 heteroatoms. The van der Waals surface area contributed by atoms with Crippen molar-refractivity contribution >= 4 is 42.2 Å². The van der Waals surface area contributed by atoms with Crippen LogP contribution >= 0.6 is 0 Å². The smallest absolute Gasteiger partial charge is 0.410 e. The highest BCUT2D eigenvalue weighted by Crippen LogP contribution is 2.44. The Morgan fingerprint density at radius 1 is 1.08 bits per heavy atom. The summed E-state index contributed by atoms with van der Waals surface area (Å²) in [4.78, 5) is 59.9. The molecule has 264 valence electrons. The first-order chi connectivity index (χ1) is 22.8. The highest BCUT2D eigenvalue weighted by atomic mass is 28.3. The minimum Gasteiger partial charge on any atom is -0.468 e. The van der Waals surface area contributed by atoms with Crippen LogP contribution in [0.1, 0.15) is 71.6 Å². The summed E-state index contributed by atoms with van der Waals surface area (Å²) in [5.74, 6) is -0.978. The number of ether oxygens (including phenoxy) is 5. The Balaban J connectivity index is 1.66. The molecular formula is C36H47N3O9Si. The van der Waals surface area contributed by atoms with E-state index in [9.17, 15) is 19.2 Å². The average molecular weight is 694 g/mol. The van der Waals surface area contributed by atoms with E-state index in [0.29, 0.717) is 17.1 Å². The molecule has 1 atom stereocenters. The topological polar surface area (TPSA) is 135 Å². The zero-order valence-electron chi connectivity index (χ0n) is 30.4. The summed E-state index contributed by atoms with van der Waals surface area (Å²) >= 11 is 0. The molecule has 0 saturated heterocycles. The van der Waals surface area contributed by atoms with Crippen LogP contribution in [0.2, 0.25) is 18.1 Å². The lowest BCUT2D eigenvalue weighted by Crippen LogP contribution is -2.51. The van der Waals surface area contributed by atoms with Crippen LogP contribution < -0.4 is 15.5 Å². The minimum atomic E-state index is -2.29. The van der Waals surface area contributed by atoms with Gasteiger partial charge in [0.25, 0.3) is 5.56 Å². The van der Waals surface area contributed by atoms with Crippen molar-refractivity contribution in [2.75, 3.05) is 27.5 Å². The Hall–Kier alpha value is -4.23. The number of pyridine rings is 2. The maximum absolute atomic E-state index is 14.3. The van der Waals surface area contributed by atoms with Gasteiger partial charge >= 0.3 is 18.0 Å². The number of esters is 2. The van der Waals surface area contributed by atoms with Crippen LogP contribution in [-0.4, -0.2) is 73.7 Å². The molecule has 0 aliphatic carbocycles. The maximum Gasteiger partial charge on any atom is 0.410 e. The molecule has 5 rings (SSSR count). The molecule has 0 N–H and O–H groups in total. The number of methoxy groups -OCH3 is 1. The van der Waals surface area contributed by atoms with Crippen LogP contribution in [0.5, 0.6) is 5.75 Å². The van der Waals surface area contributed by atoms with Gasteiger partial charge in [-0.25, -0.2) is 14.6 Å². The van der Waals surface area contributed by atoms with Gasteiger partial charge < -0.3 is 33.2 Å². The molecule has 49 heavy (non-hydrogen) atoms. The summed E-state index contributed by atoms with van der Waals surface area (Å²) in [7, 11) is 0.687. The first-order valence-electron chi connectivity index (χ1n) is 16.4. The van der Waals surface area contributed by atoms with E-state index in [0.717, 1.165) is 21.4 Å². The van der Waals surface area contributed by atoms with Gasteiger partial charge in [0.15, 0.2) is 6.79 Å². The predicted octanol–water partition coefficient (Wildman–Crippen LogP) is 5.20. The summed E-state index contributed by atoms with van der Waals surface area (Å²) in [5.41, 5.74) is 0.382. The summed E-state index contributed by atoms with van der Waals surface area (Å²) in [6.07, 6.45) is -0.719. The molecule has 12 nitrogen and oxygen atoms in total. The zero-order valence-corrected chi connectivity index (χ0v) is 31.4.